The molecule has 0 heterocycles. The van der Waals surface area contributed by atoms with Crippen molar-refractivity contribution in [3.8, 4) is 0 Å². The van der Waals surface area contributed by atoms with Gasteiger partial charge in [-0.3, -0.25) is 9.59 Å². The lowest BCUT2D eigenvalue weighted by Crippen LogP contribution is -2.46. The van der Waals surface area contributed by atoms with E-state index in [2.05, 4.69) is 26.1 Å². The number of carbonyl (C=O) groups excluding carboxylic acids is 2. The first-order chi connectivity index (χ1) is 30.0. The number of nitrogens with one attached hydrogen (secondary N) is 1. The minimum atomic E-state index is -0.779. The third kappa shape index (κ3) is 45.2. The van der Waals surface area contributed by atoms with Gasteiger partial charge in [-0.05, 0) is 25.7 Å². The van der Waals surface area contributed by atoms with Crippen LogP contribution in [0, 0.1) is 0 Å². The number of ether oxygens (including phenoxy) is 1. The van der Waals surface area contributed by atoms with E-state index < -0.39 is 18.2 Å². The molecule has 3 atom stereocenters. The van der Waals surface area contributed by atoms with Crippen LogP contribution >= 0.6 is 0 Å². The van der Waals surface area contributed by atoms with Crippen LogP contribution in [0.15, 0.2) is 0 Å². The number of esters is 1. The summed E-state index contributed by atoms with van der Waals surface area (Å²) in [7, 11) is 0. The number of rotatable bonds is 51. The minimum absolute atomic E-state index is 0.0882. The zero-order chi connectivity index (χ0) is 44.5. The fraction of sp³-hybridized carbons (Fsp3) is 0.964. The lowest BCUT2D eigenvalue weighted by molar-refractivity contribution is -0.151. The Morgan fingerprint density at radius 3 is 1.00 bits per heavy atom. The van der Waals surface area contributed by atoms with E-state index in [1.165, 1.54) is 225 Å². The molecule has 0 spiro atoms. The minimum Gasteiger partial charge on any atom is -0.462 e. The molecule has 364 valence electrons. The van der Waals surface area contributed by atoms with Crippen molar-refractivity contribution >= 4 is 11.9 Å². The van der Waals surface area contributed by atoms with Gasteiger partial charge in [0, 0.05) is 6.42 Å². The molecule has 6 heteroatoms. The summed E-state index contributed by atoms with van der Waals surface area (Å²) in [5.41, 5.74) is 0. The summed E-state index contributed by atoms with van der Waals surface area (Å²) >= 11 is 0. The summed E-state index contributed by atoms with van der Waals surface area (Å²) in [5, 5.41) is 23.9. The molecule has 0 saturated heterocycles. The second-order valence-corrected chi connectivity index (χ2v) is 19.4. The maximum absolute atomic E-state index is 13.2. The molecule has 0 aliphatic rings. The van der Waals surface area contributed by atoms with Gasteiger partial charge in [-0.25, -0.2) is 0 Å². The Bertz CT molecular complexity index is 882. The quantitative estimate of drug-likeness (QED) is 0.0418. The van der Waals surface area contributed by atoms with Gasteiger partial charge in [0.2, 0.25) is 5.91 Å². The van der Waals surface area contributed by atoms with Crippen molar-refractivity contribution in [3.05, 3.63) is 0 Å². The first kappa shape index (κ1) is 59.9. The maximum Gasteiger partial charge on any atom is 0.306 e. The molecule has 0 aromatic rings. The predicted octanol–water partition coefficient (Wildman–Crippen LogP) is 16.7. The standard InChI is InChI=1S/C55H109NO5/c1-4-7-10-13-16-19-22-24-26-28-30-33-35-38-41-44-47-53(58)52(50-57)56-54(59)49-51(61-55(60)48-45-42-39-36-31-21-18-15-12-9-6-3)46-43-40-37-34-32-29-27-25-23-20-17-14-11-8-5-2/h51-53,57-58H,4-50H2,1-3H3,(H,56,59). The average molecular weight is 864 g/mol. The van der Waals surface area contributed by atoms with Crippen molar-refractivity contribution in [1.29, 1.82) is 0 Å². The van der Waals surface area contributed by atoms with Crippen LogP contribution in [0.2, 0.25) is 0 Å². The van der Waals surface area contributed by atoms with E-state index in [4.69, 9.17) is 4.74 Å². The van der Waals surface area contributed by atoms with E-state index in [1.807, 2.05) is 0 Å². The number of amides is 1. The van der Waals surface area contributed by atoms with Gasteiger partial charge in [0.15, 0.2) is 0 Å². The molecule has 0 aromatic carbocycles. The molecule has 61 heavy (non-hydrogen) atoms. The highest BCUT2D eigenvalue weighted by Gasteiger charge is 2.24. The van der Waals surface area contributed by atoms with Gasteiger partial charge in [0.25, 0.3) is 0 Å². The van der Waals surface area contributed by atoms with Crippen LogP contribution in [0.4, 0.5) is 0 Å². The molecule has 0 saturated carbocycles. The van der Waals surface area contributed by atoms with Crippen molar-refractivity contribution in [2.45, 2.75) is 334 Å². The molecule has 0 aliphatic carbocycles. The lowest BCUT2D eigenvalue weighted by Gasteiger charge is -2.24. The molecular formula is C55H109NO5. The third-order valence-electron chi connectivity index (χ3n) is 13.2. The van der Waals surface area contributed by atoms with Gasteiger partial charge in [0.1, 0.15) is 6.10 Å². The highest BCUT2D eigenvalue weighted by Crippen LogP contribution is 2.19. The lowest BCUT2D eigenvalue weighted by atomic mass is 10.0. The van der Waals surface area contributed by atoms with Crippen LogP contribution in [0.3, 0.4) is 0 Å². The Balaban J connectivity index is 4.46. The van der Waals surface area contributed by atoms with Crippen molar-refractivity contribution in [2.75, 3.05) is 6.61 Å². The van der Waals surface area contributed by atoms with Gasteiger partial charge >= 0.3 is 5.97 Å². The molecule has 0 fully saturated rings. The molecule has 0 radical (unpaired) electrons. The number of hydrogen-bond donors (Lipinski definition) is 3. The van der Waals surface area contributed by atoms with E-state index in [-0.39, 0.29) is 24.9 Å². The zero-order valence-corrected chi connectivity index (χ0v) is 41.6. The summed E-state index contributed by atoms with van der Waals surface area (Å²) in [4.78, 5) is 26.2. The summed E-state index contributed by atoms with van der Waals surface area (Å²) in [5.74, 6) is -0.449. The second kappa shape index (κ2) is 49.9. The highest BCUT2D eigenvalue weighted by atomic mass is 16.5. The molecule has 0 rings (SSSR count). The summed E-state index contributed by atoms with van der Waals surface area (Å²) in [6.07, 6.45) is 54.5. The van der Waals surface area contributed by atoms with E-state index in [9.17, 15) is 19.8 Å². The van der Waals surface area contributed by atoms with E-state index in [0.717, 1.165) is 44.9 Å². The Morgan fingerprint density at radius 2 is 0.689 bits per heavy atom. The number of unbranched alkanes of at least 4 members (excludes halogenated alkanes) is 39. The molecule has 3 unspecified atom stereocenters. The first-order valence-corrected chi connectivity index (χ1v) is 27.8. The molecule has 0 aromatic heterocycles. The van der Waals surface area contributed by atoms with Crippen molar-refractivity contribution < 1.29 is 24.5 Å². The average Bonchev–Trinajstić information content (AvgIpc) is 3.25. The summed E-state index contributed by atoms with van der Waals surface area (Å²) in [6.45, 7) is 6.52. The Labute approximate surface area is 381 Å². The van der Waals surface area contributed by atoms with Crippen molar-refractivity contribution in [1.82, 2.24) is 5.32 Å². The first-order valence-electron chi connectivity index (χ1n) is 27.8. The monoisotopic (exact) mass is 864 g/mol. The Morgan fingerprint density at radius 1 is 0.410 bits per heavy atom. The Kier molecular flexibility index (Phi) is 48.9. The summed E-state index contributed by atoms with van der Waals surface area (Å²) < 4.78 is 5.95. The fourth-order valence-electron chi connectivity index (χ4n) is 8.96. The van der Waals surface area contributed by atoms with Gasteiger partial charge in [-0.15, -0.1) is 0 Å². The number of aliphatic hydroxyl groups is 2. The van der Waals surface area contributed by atoms with Crippen LogP contribution in [0.1, 0.15) is 316 Å². The second-order valence-electron chi connectivity index (χ2n) is 19.4. The van der Waals surface area contributed by atoms with Crippen molar-refractivity contribution in [2.24, 2.45) is 0 Å². The number of carbonyl (C=O) groups is 2. The van der Waals surface area contributed by atoms with Crippen LogP contribution in [-0.4, -0.2) is 46.9 Å². The number of aliphatic hydroxyl groups excluding tert-OH is 2. The largest absolute Gasteiger partial charge is 0.462 e. The predicted molar refractivity (Wildman–Crippen MR) is 264 cm³/mol. The normalized spacial score (nSPS) is 13.1. The third-order valence-corrected chi connectivity index (χ3v) is 13.2. The molecule has 0 bridgehead atoms. The van der Waals surface area contributed by atoms with Crippen molar-refractivity contribution in [3.63, 3.8) is 0 Å². The van der Waals surface area contributed by atoms with Gasteiger partial charge in [-0.1, -0.05) is 278 Å². The summed E-state index contributed by atoms with van der Waals surface area (Å²) in [6, 6.07) is -0.692. The van der Waals surface area contributed by atoms with Crippen LogP contribution in [-0.2, 0) is 14.3 Å². The van der Waals surface area contributed by atoms with Crippen LogP contribution in [0.25, 0.3) is 0 Å². The number of hydrogen-bond acceptors (Lipinski definition) is 5. The smallest absolute Gasteiger partial charge is 0.306 e. The Hall–Kier alpha value is -1.14. The topological polar surface area (TPSA) is 95.9 Å². The zero-order valence-electron chi connectivity index (χ0n) is 41.6. The van der Waals surface area contributed by atoms with Crippen LogP contribution in [0.5, 0.6) is 0 Å². The van der Waals surface area contributed by atoms with Gasteiger partial charge in [-0.2, -0.15) is 0 Å². The fourth-order valence-corrected chi connectivity index (χ4v) is 8.96. The van der Waals surface area contributed by atoms with Gasteiger partial charge < -0.3 is 20.3 Å². The highest BCUT2D eigenvalue weighted by molar-refractivity contribution is 5.77. The van der Waals surface area contributed by atoms with Crippen LogP contribution < -0.4 is 5.32 Å². The molecular weight excluding hydrogens is 755 g/mol. The molecule has 1 amide bonds. The van der Waals surface area contributed by atoms with E-state index in [1.54, 1.807) is 0 Å². The molecule has 6 nitrogen and oxygen atoms in total. The van der Waals surface area contributed by atoms with E-state index >= 15 is 0 Å². The van der Waals surface area contributed by atoms with E-state index in [0.29, 0.717) is 19.3 Å². The molecule has 0 aliphatic heterocycles. The SMILES string of the molecule is CCCCCCCCCCCCCCCCCCC(O)C(CO)NC(=O)CC(CCCCCCCCCCCCCCCCC)OC(=O)CCCCCCCCCCCCC. The maximum atomic E-state index is 13.2. The molecule has 3 N–H and O–H groups in total. The van der Waals surface area contributed by atoms with Gasteiger partial charge in [0.05, 0.1) is 25.2 Å².